The summed E-state index contributed by atoms with van der Waals surface area (Å²) in [6.45, 7) is 3.72. The highest BCUT2D eigenvalue weighted by atomic mass is 35.5. The topological polar surface area (TPSA) is 33.1 Å². The zero-order chi connectivity index (χ0) is 13.1. The van der Waals surface area contributed by atoms with Crippen LogP contribution in [0.15, 0.2) is 35.4 Å². The summed E-state index contributed by atoms with van der Waals surface area (Å²) in [6.07, 6.45) is 1.83. The van der Waals surface area contributed by atoms with Gasteiger partial charge in [-0.1, -0.05) is 11.6 Å². The van der Waals surface area contributed by atoms with Crippen LogP contribution in [0.1, 0.15) is 16.8 Å². The van der Waals surface area contributed by atoms with Gasteiger partial charge in [-0.3, -0.25) is 4.98 Å². The number of aryl methyl sites for hydroxylation is 1. The van der Waals surface area contributed by atoms with Crippen LogP contribution in [0.5, 0.6) is 5.75 Å². The lowest BCUT2D eigenvalue weighted by atomic mass is 10.1. The minimum Gasteiger partial charge on any atom is -0.506 e. The van der Waals surface area contributed by atoms with Crippen molar-refractivity contribution in [3.63, 3.8) is 0 Å². The van der Waals surface area contributed by atoms with Gasteiger partial charge in [0.05, 0.1) is 5.69 Å². The fourth-order valence-corrected chi connectivity index (χ4v) is 2.66. The van der Waals surface area contributed by atoms with Gasteiger partial charge in [0.2, 0.25) is 0 Å². The van der Waals surface area contributed by atoms with Gasteiger partial charge < -0.3 is 5.11 Å². The van der Waals surface area contributed by atoms with Crippen LogP contribution in [0.3, 0.4) is 0 Å². The molecule has 0 amide bonds. The molecule has 2 aromatic rings. The summed E-state index contributed by atoms with van der Waals surface area (Å²) in [4.78, 5) is 5.33. The van der Waals surface area contributed by atoms with Crippen molar-refractivity contribution < 1.29 is 5.11 Å². The second-order valence-corrected chi connectivity index (χ2v) is 5.57. The van der Waals surface area contributed by atoms with E-state index in [1.165, 1.54) is 0 Å². The molecule has 1 aromatic carbocycles. The van der Waals surface area contributed by atoms with Gasteiger partial charge in [0.1, 0.15) is 5.75 Å². The highest BCUT2D eigenvalue weighted by molar-refractivity contribution is 7.98. The Bertz CT molecular complexity index is 554. The van der Waals surface area contributed by atoms with Crippen LogP contribution < -0.4 is 0 Å². The van der Waals surface area contributed by atoms with Crippen molar-refractivity contribution in [2.24, 2.45) is 0 Å². The second-order valence-electron chi connectivity index (χ2n) is 4.09. The van der Waals surface area contributed by atoms with Crippen molar-refractivity contribution in [3.05, 3.63) is 52.3 Å². The minimum atomic E-state index is 0.296. The summed E-state index contributed by atoms with van der Waals surface area (Å²) in [5, 5.41) is 10.6. The largest absolute Gasteiger partial charge is 0.506 e. The van der Waals surface area contributed by atoms with Gasteiger partial charge in [-0.2, -0.15) is 0 Å². The van der Waals surface area contributed by atoms with Crippen molar-refractivity contribution >= 4 is 23.4 Å². The van der Waals surface area contributed by atoms with Gasteiger partial charge in [0.15, 0.2) is 0 Å². The average Bonchev–Trinajstić information content (AvgIpc) is 2.37. The lowest BCUT2D eigenvalue weighted by Crippen LogP contribution is -1.92. The van der Waals surface area contributed by atoms with E-state index in [-0.39, 0.29) is 0 Å². The van der Waals surface area contributed by atoms with Gasteiger partial charge in [0.25, 0.3) is 0 Å². The van der Waals surface area contributed by atoms with Crippen molar-refractivity contribution in [2.75, 3.05) is 0 Å². The standard InChI is InChI=1S/C14H14ClNOS/c1-9-11(7-16-10(2)14(9)17)8-18-13-5-3-12(15)4-6-13/h3-7,17H,8H2,1-2H3. The highest BCUT2D eigenvalue weighted by Gasteiger charge is 2.07. The van der Waals surface area contributed by atoms with E-state index in [1.54, 1.807) is 18.7 Å². The maximum atomic E-state index is 9.83. The highest BCUT2D eigenvalue weighted by Crippen LogP contribution is 2.29. The Morgan fingerprint density at radius 2 is 1.89 bits per heavy atom. The van der Waals surface area contributed by atoms with E-state index in [0.29, 0.717) is 11.4 Å². The summed E-state index contributed by atoms with van der Waals surface area (Å²) < 4.78 is 0. The van der Waals surface area contributed by atoms with Crippen LogP contribution in [-0.4, -0.2) is 10.1 Å². The molecule has 2 rings (SSSR count). The Labute approximate surface area is 116 Å². The maximum Gasteiger partial charge on any atom is 0.139 e. The number of hydrogen-bond donors (Lipinski definition) is 1. The molecule has 0 radical (unpaired) electrons. The first kappa shape index (κ1) is 13.2. The zero-order valence-corrected chi connectivity index (χ0v) is 11.8. The molecule has 0 unspecified atom stereocenters. The summed E-state index contributed by atoms with van der Waals surface area (Å²) in [6, 6.07) is 7.73. The van der Waals surface area contributed by atoms with Gasteiger partial charge in [-0.15, -0.1) is 11.8 Å². The van der Waals surface area contributed by atoms with Crippen LogP contribution >= 0.6 is 23.4 Å². The third-order valence-corrected chi connectivity index (χ3v) is 4.11. The number of rotatable bonds is 3. The maximum absolute atomic E-state index is 9.83. The lowest BCUT2D eigenvalue weighted by molar-refractivity contribution is 0.462. The number of pyridine rings is 1. The molecule has 1 heterocycles. The van der Waals surface area contributed by atoms with E-state index in [2.05, 4.69) is 4.98 Å². The first-order chi connectivity index (χ1) is 8.58. The van der Waals surface area contributed by atoms with Gasteiger partial charge in [-0.25, -0.2) is 0 Å². The van der Waals surface area contributed by atoms with E-state index in [1.807, 2.05) is 37.4 Å². The molecule has 2 nitrogen and oxygen atoms in total. The molecule has 0 aliphatic heterocycles. The summed E-state index contributed by atoms with van der Waals surface area (Å²) in [5.41, 5.74) is 2.63. The third-order valence-electron chi connectivity index (χ3n) is 2.80. The molecule has 0 aliphatic carbocycles. The molecule has 0 aliphatic rings. The van der Waals surface area contributed by atoms with Crippen LogP contribution in [0, 0.1) is 13.8 Å². The predicted molar refractivity (Wildman–Crippen MR) is 76.4 cm³/mol. The third kappa shape index (κ3) is 2.98. The number of nitrogens with zero attached hydrogens (tertiary/aromatic N) is 1. The molecule has 1 N–H and O–H groups in total. The van der Waals surface area contributed by atoms with E-state index in [9.17, 15) is 5.11 Å². The Morgan fingerprint density at radius 3 is 2.56 bits per heavy atom. The quantitative estimate of drug-likeness (QED) is 0.848. The molecular formula is C14H14ClNOS. The molecule has 0 saturated heterocycles. The smallest absolute Gasteiger partial charge is 0.139 e. The van der Waals surface area contributed by atoms with Crippen LogP contribution in [0.4, 0.5) is 0 Å². The molecular weight excluding hydrogens is 266 g/mol. The van der Waals surface area contributed by atoms with Gasteiger partial charge in [0, 0.05) is 21.9 Å². The van der Waals surface area contributed by atoms with Crippen molar-refractivity contribution in [3.8, 4) is 5.75 Å². The number of hydrogen-bond acceptors (Lipinski definition) is 3. The van der Waals surface area contributed by atoms with Gasteiger partial charge >= 0.3 is 0 Å². The minimum absolute atomic E-state index is 0.296. The normalized spacial score (nSPS) is 10.6. The number of aromatic nitrogens is 1. The summed E-state index contributed by atoms with van der Waals surface area (Å²) in [7, 11) is 0. The molecule has 0 saturated carbocycles. The number of benzene rings is 1. The molecule has 0 spiro atoms. The average molecular weight is 280 g/mol. The van der Waals surface area contributed by atoms with E-state index >= 15 is 0 Å². The fraction of sp³-hybridized carbons (Fsp3) is 0.214. The molecule has 0 atom stereocenters. The van der Waals surface area contributed by atoms with Gasteiger partial charge in [-0.05, 0) is 49.2 Å². The molecule has 18 heavy (non-hydrogen) atoms. The van der Waals surface area contributed by atoms with Crippen LogP contribution in [-0.2, 0) is 5.75 Å². The Balaban J connectivity index is 2.11. The van der Waals surface area contributed by atoms with E-state index < -0.39 is 0 Å². The lowest BCUT2D eigenvalue weighted by Gasteiger charge is -2.08. The summed E-state index contributed by atoms with van der Waals surface area (Å²) >= 11 is 7.54. The first-order valence-corrected chi connectivity index (χ1v) is 6.96. The predicted octanol–water partition coefficient (Wildman–Crippen LogP) is 4.35. The van der Waals surface area contributed by atoms with Crippen molar-refractivity contribution in [1.82, 2.24) is 4.98 Å². The van der Waals surface area contributed by atoms with Crippen LogP contribution in [0.2, 0.25) is 5.02 Å². The number of aromatic hydroxyl groups is 1. The Kier molecular flexibility index (Phi) is 4.15. The first-order valence-electron chi connectivity index (χ1n) is 5.60. The fourth-order valence-electron chi connectivity index (χ4n) is 1.59. The monoisotopic (exact) mass is 279 g/mol. The molecule has 1 aromatic heterocycles. The molecule has 0 fully saturated rings. The molecule has 4 heteroatoms. The van der Waals surface area contributed by atoms with E-state index in [0.717, 1.165) is 26.8 Å². The van der Waals surface area contributed by atoms with Crippen molar-refractivity contribution in [1.29, 1.82) is 0 Å². The SMILES string of the molecule is Cc1ncc(CSc2ccc(Cl)cc2)c(C)c1O. The number of thioether (sulfide) groups is 1. The van der Waals surface area contributed by atoms with Crippen molar-refractivity contribution in [2.45, 2.75) is 24.5 Å². The summed E-state index contributed by atoms with van der Waals surface area (Å²) in [5.74, 6) is 1.08. The Hall–Kier alpha value is -1.19. The molecule has 94 valence electrons. The number of halogens is 1. The molecule has 0 bridgehead atoms. The zero-order valence-electron chi connectivity index (χ0n) is 10.3. The van der Waals surface area contributed by atoms with Crippen LogP contribution in [0.25, 0.3) is 0 Å². The van der Waals surface area contributed by atoms with E-state index in [4.69, 9.17) is 11.6 Å². The Morgan fingerprint density at radius 1 is 1.22 bits per heavy atom. The second kappa shape index (κ2) is 5.63.